The molecular formula is C33H35Cl2N7O2S. The van der Waals surface area contributed by atoms with Crippen LogP contribution in [-0.2, 0) is 4.79 Å². The van der Waals surface area contributed by atoms with Gasteiger partial charge in [-0.3, -0.25) is 14.2 Å². The van der Waals surface area contributed by atoms with Gasteiger partial charge in [0.25, 0.3) is 5.56 Å². The summed E-state index contributed by atoms with van der Waals surface area (Å²) in [7, 11) is 0. The van der Waals surface area contributed by atoms with Crippen molar-refractivity contribution in [3.63, 3.8) is 0 Å². The summed E-state index contributed by atoms with van der Waals surface area (Å²) >= 11 is 14.1. The first kappa shape index (κ1) is 31.5. The fourth-order valence-corrected chi connectivity index (χ4v) is 8.25. The van der Waals surface area contributed by atoms with Gasteiger partial charge in [0.2, 0.25) is 5.91 Å². The van der Waals surface area contributed by atoms with Crippen LogP contribution < -0.4 is 10.5 Å². The minimum absolute atomic E-state index is 0.0328. The number of carbonyl (C=O) groups is 1. The van der Waals surface area contributed by atoms with Gasteiger partial charge in [-0.05, 0) is 80.1 Å². The lowest BCUT2D eigenvalue weighted by atomic mass is 9.86. The van der Waals surface area contributed by atoms with Crippen LogP contribution in [-0.4, -0.2) is 63.7 Å². The molecular weight excluding hydrogens is 629 g/mol. The van der Waals surface area contributed by atoms with E-state index < -0.39 is 5.25 Å². The monoisotopic (exact) mass is 663 g/mol. The number of likely N-dealkylation sites (tertiary alicyclic amines) is 1. The molecule has 0 radical (unpaired) electrons. The van der Waals surface area contributed by atoms with Gasteiger partial charge in [0, 0.05) is 59.5 Å². The van der Waals surface area contributed by atoms with E-state index >= 15 is 0 Å². The van der Waals surface area contributed by atoms with Gasteiger partial charge >= 0.3 is 0 Å². The predicted octanol–water partition coefficient (Wildman–Crippen LogP) is 7.53. The van der Waals surface area contributed by atoms with Crippen molar-refractivity contribution in [2.45, 2.75) is 54.3 Å². The minimum Gasteiger partial charge on any atom is -0.371 e. The normalized spacial score (nSPS) is 21.7. The molecule has 3 heterocycles. The summed E-state index contributed by atoms with van der Waals surface area (Å²) in [6, 6.07) is 15.2. The molecule has 3 unspecified atom stereocenters. The number of carbonyl (C=O) groups excluding carboxylic acids is 1. The van der Waals surface area contributed by atoms with Crippen LogP contribution in [0.5, 0.6) is 0 Å². The molecule has 45 heavy (non-hydrogen) atoms. The molecule has 1 amide bonds. The number of rotatable bonds is 10. The first-order valence-corrected chi connectivity index (χ1v) is 17.1. The zero-order chi connectivity index (χ0) is 31.4. The Morgan fingerprint density at radius 1 is 1.16 bits per heavy atom. The van der Waals surface area contributed by atoms with E-state index in [9.17, 15) is 9.59 Å². The number of benzene rings is 2. The van der Waals surface area contributed by atoms with Crippen LogP contribution in [0.2, 0.25) is 5.02 Å². The van der Waals surface area contributed by atoms with E-state index in [1.54, 1.807) is 10.6 Å². The molecule has 1 aliphatic carbocycles. The number of unbranched alkanes of at least 4 members (excludes halogenated alkanes) is 1. The summed E-state index contributed by atoms with van der Waals surface area (Å²) in [5.41, 5.74) is 10.9. The van der Waals surface area contributed by atoms with Gasteiger partial charge in [-0.25, -0.2) is 4.98 Å². The number of para-hydroxylation sites is 1. The van der Waals surface area contributed by atoms with E-state index in [-0.39, 0.29) is 22.3 Å². The lowest BCUT2D eigenvalue weighted by molar-refractivity contribution is -0.130. The molecule has 2 aliphatic heterocycles. The SMILES string of the molecule is [N-]=[N+]=NCCCCC(Sc1nc2ccccc2c(=O)n1C1=CC(Cl)CC=C1)C(=O)N1CCC2(CCN(c3cccc(Cl)c3)C2)C1. The van der Waals surface area contributed by atoms with Gasteiger partial charge < -0.3 is 9.80 Å². The van der Waals surface area contributed by atoms with Crippen LogP contribution in [0.15, 0.2) is 81.8 Å². The van der Waals surface area contributed by atoms with Crippen molar-refractivity contribution in [1.29, 1.82) is 0 Å². The number of nitrogens with zero attached hydrogens (tertiary/aromatic N) is 7. The van der Waals surface area contributed by atoms with Crippen LogP contribution in [0.1, 0.15) is 38.5 Å². The van der Waals surface area contributed by atoms with Crippen molar-refractivity contribution in [3.05, 3.63) is 92.6 Å². The number of allylic oxidation sites excluding steroid dienone is 4. The van der Waals surface area contributed by atoms with Crippen molar-refractivity contribution >= 4 is 63.2 Å². The third-order valence-corrected chi connectivity index (χ3v) is 10.7. The Bertz CT molecular complexity index is 1750. The maximum absolute atomic E-state index is 14.3. The zero-order valence-corrected chi connectivity index (χ0v) is 27.2. The summed E-state index contributed by atoms with van der Waals surface area (Å²) in [6.45, 7) is 3.57. The number of hydrogen-bond acceptors (Lipinski definition) is 6. The predicted molar refractivity (Wildman–Crippen MR) is 183 cm³/mol. The number of azide groups is 1. The summed E-state index contributed by atoms with van der Waals surface area (Å²) < 4.78 is 1.60. The van der Waals surface area contributed by atoms with E-state index in [2.05, 4.69) is 21.0 Å². The van der Waals surface area contributed by atoms with E-state index in [0.717, 1.165) is 36.6 Å². The summed E-state index contributed by atoms with van der Waals surface area (Å²) in [6.07, 6.45) is 10.3. The highest BCUT2D eigenvalue weighted by Crippen LogP contribution is 2.42. The summed E-state index contributed by atoms with van der Waals surface area (Å²) in [5, 5.41) is 4.67. The zero-order valence-electron chi connectivity index (χ0n) is 24.9. The molecule has 9 nitrogen and oxygen atoms in total. The number of halogens is 2. The second-order valence-electron chi connectivity index (χ2n) is 12.0. The van der Waals surface area contributed by atoms with Crippen molar-refractivity contribution < 1.29 is 4.79 Å². The number of anilines is 1. The van der Waals surface area contributed by atoms with Crippen molar-refractivity contribution in [3.8, 4) is 0 Å². The Morgan fingerprint density at radius 3 is 2.82 bits per heavy atom. The second kappa shape index (κ2) is 13.9. The Hall–Kier alpha value is -3.43. The lowest BCUT2D eigenvalue weighted by Crippen LogP contribution is -2.39. The average molecular weight is 665 g/mol. The number of hydrogen-bond donors (Lipinski definition) is 0. The van der Waals surface area contributed by atoms with Gasteiger partial charge in [0.1, 0.15) is 0 Å². The van der Waals surface area contributed by atoms with E-state index in [4.69, 9.17) is 33.7 Å². The molecule has 3 aromatic rings. The quantitative estimate of drug-likeness (QED) is 0.0424. The maximum Gasteiger partial charge on any atom is 0.266 e. The van der Waals surface area contributed by atoms with Gasteiger partial charge in [-0.1, -0.05) is 59.2 Å². The van der Waals surface area contributed by atoms with E-state index in [0.29, 0.717) is 67.1 Å². The number of fused-ring (bicyclic) bond motifs is 1. The molecule has 3 atom stereocenters. The minimum atomic E-state index is -0.462. The van der Waals surface area contributed by atoms with Gasteiger partial charge in [-0.15, -0.1) is 11.6 Å². The van der Waals surface area contributed by atoms with Crippen LogP contribution in [0, 0.1) is 5.41 Å². The van der Waals surface area contributed by atoms with Gasteiger partial charge in [0.15, 0.2) is 5.16 Å². The van der Waals surface area contributed by atoms with Crippen molar-refractivity contribution in [2.75, 3.05) is 37.6 Å². The molecule has 12 heteroatoms. The highest BCUT2D eigenvalue weighted by molar-refractivity contribution is 8.00. The number of alkyl halides is 1. The number of aromatic nitrogens is 2. The average Bonchev–Trinajstić information content (AvgIpc) is 3.66. The number of thioether (sulfide) groups is 1. The van der Waals surface area contributed by atoms with Gasteiger partial charge in [-0.2, -0.15) is 0 Å². The van der Waals surface area contributed by atoms with Crippen molar-refractivity contribution in [2.24, 2.45) is 10.5 Å². The third kappa shape index (κ3) is 7.04. The molecule has 2 saturated heterocycles. The molecule has 6 rings (SSSR count). The first-order chi connectivity index (χ1) is 21.9. The van der Waals surface area contributed by atoms with Crippen LogP contribution in [0.25, 0.3) is 27.0 Å². The summed E-state index contributed by atoms with van der Waals surface area (Å²) in [4.78, 5) is 40.3. The molecule has 1 spiro atoms. The maximum atomic E-state index is 14.3. The van der Waals surface area contributed by atoms with Crippen LogP contribution in [0.4, 0.5) is 5.69 Å². The largest absolute Gasteiger partial charge is 0.371 e. The molecule has 0 saturated carbocycles. The highest BCUT2D eigenvalue weighted by atomic mass is 35.5. The van der Waals surface area contributed by atoms with Gasteiger partial charge in [0.05, 0.1) is 21.5 Å². The molecule has 2 aromatic carbocycles. The smallest absolute Gasteiger partial charge is 0.266 e. The standard InChI is InChI=1S/C33H35Cl2N7O2S/c34-23-7-5-9-25(19-23)40-17-14-33(21-40)15-18-41(22-33)31(44)29(13-3-4-16-37-39-36)45-32-38-28-12-2-1-11-27(28)30(43)42(32)26-10-6-8-24(35)20-26/h1-2,5-7,9-12,19-20,24,29H,3-4,8,13-18,21-22H2. The lowest BCUT2D eigenvalue weighted by Gasteiger charge is -2.28. The topological polar surface area (TPSA) is 107 Å². The van der Waals surface area contributed by atoms with Crippen LogP contribution in [0.3, 0.4) is 0 Å². The Labute approximate surface area is 276 Å². The fourth-order valence-electron chi connectivity index (χ4n) is 6.60. The Balaban J connectivity index is 1.27. The van der Waals surface area contributed by atoms with Crippen LogP contribution >= 0.6 is 35.0 Å². The number of amides is 1. The van der Waals surface area contributed by atoms with E-state index in [1.807, 2.05) is 59.5 Å². The molecule has 0 bridgehead atoms. The fraction of sp³-hybridized carbons (Fsp3) is 0.424. The van der Waals surface area contributed by atoms with E-state index in [1.165, 1.54) is 11.8 Å². The summed E-state index contributed by atoms with van der Waals surface area (Å²) in [5.74, 6) is 0.0548. The molecule has 234 valence electrons. The molecule has 1 aromatic heterocycles. The first-order valence-electron chi connectivity index (χ1n) is 15.4. The second-order valence-corrected chi connectivity index (χ2v) is 14.2. The Morgan fingerprint density at radius 2 is 2.00 bits per heavy atom. The Kier molecular flexibility index (Phi) is 9.75. The molecule has 2 fully saturated rings. The third-order valence-electron chi connectivity index (χ3n) is 8.93. The van der Waals surface area contributed by atoms with Crippen molar-refractivity contribution in [1.82, 2.24) is 14.5 Å². The molecule has 0 N–H and O–H groups in total. The molecule has 3 aliphatic rings. The highest BCUT2D eigenvalue weighted by Gasteiger charge is 2.46.